The lowest BCUT2D eigenvalue weighted by Gasteiger charge is -2.26. The van der Waals surface area contributed by atoms with Crippen LogP contribution in [0.2, 0.25) is 0 Å². The minimum atomic E-state index is -0.587. The Morgan fingerprint density at radius 3 is 2.43 bits per heavy atom. The standard InChI is InChI=1S/C21H24F2N2O2S/c1-15(21-18(22)3-2-4-19(21)23)28-14-20(26)24-17-7-5-16(6-8-17)13-25-9-11-27-12-10-25/h2-8,15H,9-14H2,1H3,(H,24,26). The van der Waals surface area contributed by atoms with E-state index in [0.717, 1.165) is 32.8 Å². The van der Waals surface area contributed by atoms with E-state index in [-0.39, 0.29) is 17.2 Å². The number of nitrogens with zero attached hydrogens (tertiary/aromatic N) is 1. The number of hydrogen-bond acceptors (Lipinski definition) is 4. The second kappa shape index (κ2) is 10.0. The minimum absolute atomic E-state index is 0.00719. The molecule has 1 amide bonds. The van der Waals surface area contributed by atoms with Crippen LogP contribution in [-0.2, 0) is 16.1 Å². The first-order valence-corrected chi connectivity index (χ1v) is 10.3. The summed E-state index contributed by atoms with van der Waals surface area (Å²) in [5.74, 6) is -1.26. The van der Waals surface area contributed by atoms with Gasteiger partial charge >= 0.3 is 0 Å². The van der Waals surface area contributed by atoms with E-state index < -0.39 is 16.9 Å². The molecule has 0 radical (unpaired) electrons. The molecule has 1 unspecified atom stereocenters. The summed E-state index contributed by atoms with van der Waals surface area (Å²) in [5.41, 5.74) is 1.90. The van der Waals surface area contributed by atoms with Gasteiger partial charge in [0.05, 0.1) is 19.0 Å². The molecule has 3 rings (SSSR count). The van der Waals surface area contributed by atoms with Crippen LogP contribution < -0.4 is 5.32 Å². The minimum Gasteiger partial charge on any atom is -0.379 e. The zero-order valence-electron chi connectivity index (χ0n) is 15.8. The van der Waals surface area contributed by atoms with Gasteiger partial charge in [0.15, 0.2) is 0 Å². The number of rotatable bonds is 7. The Morgan fingerprint density at radius 1 is 1.14 bits per heavy atom. The molecule has 1 atom stereocenters. The summed E-state index contributed by atoms with van der Waals surface area (Å²) in [7, 11) is 0. The van der Waals surface area contributed by atoms with Crippen LogP contribution >= 0.6 is 11.8 Å². The average Bonchev–Trinajstić information content (AvgIpc) is 2.69. The highest BCUT2D eigenvalue weighted by Crippen LogP contribution is 2.31. The molecule has 28 heavy (non-hydrogen) atoms. The van der Waals surface area contributed by atoms with Gasteiger partial charge in [0.2, 0.25) is 5.91 Å². The fourth-order valence-electron chi connectivity index (χ4n) is 3.09. The molecule has 1 aliphatic heterocycles. The van der Waals surface area contributed by atoms with E-state index in [1.807, 2.05) is 24.3 Å². The van der Waals surface area contributed by atoms with Gasteiger partial charge in [0.1, 0.15) is 11.6 Å². The molecule has 1 heterocycles. The Bertz CT molecular complexity index is 775. The highest BCUT2D eigenvalue weighted by atomic mass is 32.2. The molecule has 4 nitrogen and oxygen atoms in total. The Balaban J connectivity index is 1.48. The van der Waals surface area contributed by atoms with Crippen LogP contribution in [0.1, 0.15) is 23.3 Å². The van der Waals surface area contributed by atoms with Crippen molar-refractivity contribution in [2.45, 2.75) is 18.7 Å². The van der Waals surface area contributed by atoms with Crippen LogP contribution in [0, 0.1) is 11.6 Å². The molecule has 1 saturated heterocycles. The molecule has 2 aromatic rings. The van der Waals surface area contributed by atoms with Crippen LogP contribution in [0.5, 0.6) is 0 Å². The smallest absolute Gasteiger partial charge is 0.234 e. The zero-order chi connectivity index (χ0) is 19.9. The van der Waals surface area contributed by atoms with Crippen LogP contribution in [0.25, 0.3) is 0 Å². The predicted octanol–water partition coefficient (Wildman–Crippen LogP) is 4.23. The molecule has 0 saturated carbocycles. The van der Waals surface area contributed by atoms with E-state index in [2.05, 4.69) is 10.2 Å². The van der Waals surface area contributed by atoms with Crippen molar-refractivity contribution in [2.75, 3.05) is 37.4 Å². The quantitative estimate of drug-likeness (QED) is 0.747. The first-order valence-electron chi connectivity index (χ1n) is 9.27. The van der Waals surface area contributed by atoms with Gasteiger partial charge in [-0.2, -0.15) is 0 Å². The van der Waals surface area contributed by atoms with Crippen molar-refractivity contribution in [3.8, 4) is 0 Å². The van der Waals surface area contributed by atoms with E-state index >= 15 is 0 Å². The highest BCUT2D eigenvalue weighted by molar-refractivity contribution is 8.00. The zero-order valence-corrected chi connectivity index (χ0v) is 16.6. The average molecular weight is 406 g/mol. The molecular weight excluding hydrogens is 382 g/mol. The third kappa shape index (κ3) is 5.77. The second-order valence-corrected chi connectivity index (χ2v) is 8.05. The Morgan fingerprint density at radius 2 is 1.79 bits per heavy atom. The molecule has 150 valence electrons. The van der Waals surface area contributed by atoms with Gasteiger partial charge in [0.25, 0.3) is 0 Å². The summed E-state index contributed by atoms with van der Waals surface area (Å²) < 4.78 is 33.0. The van der Waals surface area contributed by atoms with E-state index in [9.17, 15) is 13.6 Å². The third-order valence-electron chi connectivity index (χ3n) is 4.62. The largest absolute Gasteiger partial charge is 0.379 e. The summed E-state index contributed by atoms with van der Waals surface area (Å²) in [6.45, 7) is 5.94. The maximum absolute atomic E-state index is 13.8. The number of anilines is 1. The number of hydrogen-bond donors (Lipinski definition) is 1. The van der Waals surface area contributed by atoms with Crippen LogP contribution in [0.4, 0.5) is 14.5 Å². The number of halogens is 2. The lowest BCUT2D eigenvalue weighted by molar-refractivity contribution is -0.113. The van der Waals surface area contributed by atoms with Crippen LogP contribution in [-0.4, -0.2) is 42.9 Å². The van der Waals surface area contributed by atoms with Gasteiger partial charge in [-0.15, -0.1) is 11.8 Å². The first kappa shape index (κ1) is 20.8. The van der Waals surface area contributed by atoms with E-state index in [1.165, 1.54) is 35.5 Å². The number of nitrogens with one attached hydrogen (secondary N) is 1. The summed E-state index contributed by atoms with van der Waals surface area (Å²) >= 11 is 1.20. The summed E-state index contributed by atoms with van der Waals surface area (Å²) in [5, 5.41) is 2.37. The fourth-order valence-corrected chi connectivity index (χ4v) is 3.96. The van der Waals surface area contributed by atoms with Gasteiger partial charge in [-0.1, -0.05) is 18.2 Å². The predicted molar refractivity (Wildman–Crippen MR) is 108 cm³/mol. The van der Waals surface area contributed by atoms with Gasteiger partial charge in [-0.3, -0.25) is 9.69 Å². The number of morpholine rings is 1. The molecule has 0 aromatic heterocycles. The Labute approximate surface area is 168 Å². The molecule has 0 spiro atoms. The summed E-state index contributed by atoms with van der Waals surface area (Å²) in [6.07, 6.45) is 0. The SMILES string of the molecule is CC(SCC(=O)Nc1ccc(CN2CCOCC2)cc1)c1c(F)cccc1F. The number of carbonyl (C=O) groups excluding carboxylic acids is 1. The van der Waals surface area contributed by atoms with Crippen molar-refractivity contribution >= 4 is 23.4 Å². The normalized spacial score (nSPS) is 16.0. The molecule has 0 bridgehead atoms. The van der Waals surface area contributed by atoms with Crippen LogP contribution in [0.3, 0.4) is 0 Å². The van der Waals surface area contributed by atoms with Crippen molar-refractivity contribution in [3.05, 3.63) is 65.2 Å². The van der Waals surface area contributed by atoms with Gasteiger partial charge in [-0.25, -0.2) is 8.78 Å². The number of carbonyl (C=O) groups is 1. The molecule has 1 N–H and O–H groups in total. The fraction of sp³-hybridized carbons (Fsp3) is 0.381. The Hall–Kier alpha value is -1.96. The van der Waals surface area contributed by atoms with Crippen molar-refractivity contribution in [3.63, 3.8) is 0 Å². The maximum Gasteiger partial charge on any atom is 0.234 e. The maximum atomic E-state index is 13.8. The van der Waals surface area contributed by atoms with Crippen molar-refractivity contribution in [2.24, 2.45) is 0 Å². The van der Waals surface area contributed by atoms with Crippen molar-refractivity contribution < 1.29 is 18.3 Å². The first-order chi connectivity index (χ1) is 13.5. The molecular formula is C21H24F2N2O2S. The summed E-state index contributed by atoms with van der Waals surface area (Å²) in [4.78, 5) is 14.5. The number of thioether (sulfide) groups is 1. The monoisotopic (exact) mass is 406 g/mol. The number of benzene rings is 2. The molecule has 2 aromatic carbocycles. The molecule has 1 fully saturated rings. The second-order valence-electron chi connectivity index (χ2n) is 6.72. The van der Waals surface area contributed by atoms with Gasteiger partial charge < -0.3 is 10.1 Å². The topological polar surface area (TPSA) is 41.6 Å². The highest BCUT2D eigenvalue weighted by Gasteiger charge is 2.17. The number of amides is 1. The van der Waals surface area contributed by atoms with Crippen molar-refractivity contribution in [1.82, 2.24) is 4.90 Å². The van der Waals surface area contributed by atoms with E-state index in [0.29, 0.717) is 5.69 Å². The van der Waals surface area contributed by atoms with Gasteiger partial charge in [0, 0.05) is 36.1 Å². The third-order valence-corrected chi connectivity index (χ3v) is 5.78. The number of ether oxygens (including phenoxy) is 1. The van der Waals surface area contributed by atoms with Crippen LogP contribution in [0.15, 0.2) is 42.5 Å². The van der Waals surface area contributed by atoms with E-state index in [4.69, 9.17) is 4.74 Å². The Kier molecular flexibility index (Phi) is 7.42. The lowest BCUT2D eigenvalue weighted by Crippen LogP contribution is -2.35. The summed E-state index contributed by atoms with van der Waals surface area (Å²) in [6, 6.07) is 11.5. The lowest BCUT2D eigenvalue weighted by atomic mass is 10.1. The van der Waals surface area contributed by atoms with Gasteiger partial charge in [-0.05, 0) is 36.8 Å². The molecule has 0 aliphatic carbocycles. The van der Waals surface area contributed by atoms with Crippen molar-refractivity contribution in [1.29, 1.82) is 0 Å². The molecule has 1 aliphatic rings. The van der Waals surface area contributed by atoms with E-state index in [1.54, 1.807) is 6.92 Å². The molecule has 7 heteroatoms.